The van der Waals surface area contributed by atoms with Crippen LogP contribution in [0, 0.1) is 0 Å². The van der Waals surface area contributed by atoms with Crippen LogP contribution >= 0.6 is 0 Å². The van der Waals surface area contributed by atoms with E-state index in [2.05, 4.69) is 5.32 Å². The van der Waals surface area contributed by atoms with Crippen LogP contribution in [0.15, 0.2) is 0 Å². The summed E-state index contributed by atoms with van der Waals surface area (Å²) in [6.45, 7) is 8.44. The number of hydrogen-bond donors (Lipinski definition) is 3. The van der Waals surface area contributed by atoms with Crippen LogP contribution in [0.5, 0.6) is 0 Å². The number of aliphatic hydroxyl groups is 1. The maximum absolute atomic E-state index is 11.5. The number of carbonyl (C=O) groups is 3. The van der Waals surface area contributed by atoms with Crippen LogP contribution in [0.25, 0.3) is 0 Å². The molecule has 0 saturated heterocycles. The van der Waals surface area contributed by atoms with Crippen molar-refractivity contribution in [3.63, 3.8) is 0 Å². The van der Waals surface area contributed by atoms with Crippen molar-refractivity contribution in [2.24, 2.45) is 0 Å². The molecule has 0 rings (SSSR count). The first-order valence-electron chi connectivity index (χ1n) is 9.82. The maximum Gasteiger partial charge on any atom is 0.333 e. The molecule has 3 N–H and O–H groups in total. The van der Waals surface area contributed by atoms with Crippen LogP contribution in [-0.4, -0.2) is 99.2 Å². The van der Waals surface area contributed by atoms with Gasteiger partial charge < -0.3 is 39.2 Å². The molecule has 0 spiro atoms. The van der Waals surface area contributed by atoms with Gasteiger partial charge in [0.25, 0.3) is 0 Å². The fourth-order valence-electron chi connectivity index (χ4n) is 1.91. The Labute approximate surface area is 176 Å². The summed E-state index contributed by atoms with van der Waals surface area (Å²) in [6.07, 6.45) is -1.99. The lowest BCUT2D eigenvalue weighted by atomic mass is 10.2. The molecule has 1 amide bonds. The molecule has 0 aliphatic carbocycles. The van der Waals surface area contributed by atoms with Gasteiger partial charge in [-0.05, 0) is 20.8 Å². The van der Waals surface area contributed by atoms with Crippen LogP contribution in [-0.2, 0) is 38.1 Å². The van der Waals surface area contributed by atoms with Crippen molar-refractivity contribution in [2.45, 2.75) is 45.3 Å². The van der Waals surface area contributed by atoms with Crippen molar-refractivity contribution >= 4 is 17.8 Å². The summed E-state index contributed by atoms with van der Waals surface area (Å²) >= 11 is 0. The molecule has 30 heavy (non-hydrogen) atoms. The molecule has 11 heteroatoms. The van der Waals surface area contributed by atoms with Crippen molar-refractivity contribution < 1.29 is 48.3 Å². The summed E-state index contributed by atoms with van der Waals surface area (Å²) in [6, 6.07) is 0. The minimum Gasteiger partial charge on any atom is -0.479 e. The molecule has 0 aliphatic rings. The van der Waals surface area contributed by atoms with E-state index in [-0.39, 0.29) is 32.1 Å². The number of nitrogens with one attached hydrogen (secondary N) is 1. The zero-order valence-corrected chi connectivity index (χ0v) is 18.0. The van der Waals surface area contributed by atoms with E-state index in [4.69, 9.17) is 33.9 Å². The summed E-state index contributed by atoms with van der Waals surface area (Å²) in [5.74, 6) is -2.29. The van der Waals surface area contributed by atoms with E-state index in [0.717, 1.165) is 0 Å². The van der Waals surface area contributed by atoms with E-state index in [1.165, 1.54) is 0 Å². The van der Waals surface area contributed by atoms with Crippen molar-refractivity contribution in [2.75, 3.05) is 59.4 Å². The number of ether oxygens (including phenoxy) is 5. The van der Waals surface area contributed by atoms with E-state index in [0.29, 0.717) is 39.6 Å². The molecule has 0 saturated carbocycles. The Balaban J connectivity index is 3.29. The Morgan fingerprint density at radius 3 is 1.77 bits per heavy atom. The lowest BCUT2D eigenvalue weighted by Crippen LogP contribution is -2.33. The second kappa shape index (κ2) is 16.9. The van der Waals surface area contributed by atoms with Crippen molar-refractivity contribution in [1.29, 1.82) is 0 Å². The van der Waals surface area contributed by atoms with E-state index in [9.17, 15) is 14.4 Å². The van der Waals surface area contributed by atoms with Crippen molar-refractivity contribution in [3.05, 3.63) is 0 Å². The van der Waals surface area contributed by atoms with Crippen LogP contribution in [0.1, 0.15) is 33.6 Å². The minimum absolute atomic E-state index is 0.203. The second-order valence-corrected chi connectivity index (χ2v) is 7.19. The SMILES string of the molecule is CC(C)(C)OC(=O)CCOCCOCCOCCOCCNC(=O)CC(O)C(=O)O. The van der Waals surface area contributed by atoms with Gasteiger partial charge in [0.2, 0.25) is 5.91 Å². The van der Waals surface area contributed by atoms with Gasteiger partial charge in [-0.3, -0.25) is 9.59 Å². The normalized spacial score (nSPS) is 12.4. The Morgan fingerprint density at radius 1 is 0.833 bits per heavy atom. The van der Waals surface area contributed by atoms with Gasteiger partial charge in [0.15, 0.2) is 6.10 Å². The topological polar surface area (TPSA) is 150 Å². The smallest absolute Gasteiger partial charge is 0.333 e. The number of esters is 1. The molecule has 0 aromatic rings. The third-order valence-electron chi connectivity index (χ3n) is 3.22. The zero-order valence-electron chi connectivity index (χ0n) is 18.0. The largest absolute Gasteiger partial charge is 0.479 e. The van der Waals surface area contributed by atoms with Gasteiger partial charge in [-0.25, -0.2) is 4.79 Å². The lowest BCUT2D eigenvalue weighted by Gasteiger charge is -2.19. The molecule has 0 bridgehead atoms. The number of aliphatic carboxylic acids is 1. The van der Waals surface area contributed by atoms with Gasteiger partial charge >= 0.3 is 11.9 Å². The fraction of sp³-hybridized carbons (Fsp3) is 0.842. The van der Waals surface area contributed by atoms with Crippen LogP contribution in [0.2, 0.25) is 0 Å². The third kappa shape index (κ3) is 19.5. The standard InChI is InChI=1S/C19H35NO10/c1-19(2,3)30-17(23)4-6-26-8-10-28-12-13-29-11-9-27-7-5-20-16(22)14-15(21)18(24)25/h15,21H,4-14H2,1-3H3,(H,20,22)(H,24,25). The summed E-state index contributed by atoms with van der Waals surface area (Å²) < 4.78 is 26.3. The van der Waals surface area contributed by atoms with Crippen molar-refractivity contribution in [1.82, 2.24) is 5.32 Å². The van der Waals surface area contributed by atoms with Crippen LogP contribution in [0.4, 0.5) is 0 Å². The molecule has 11 nitrogen and oxygen atoms in total. The van der Waals surface area contributed by atoms with Crippen LogP contribution in [0.3, 0.4) is 0 Å². The molecule has 1 unspecified atom stereocenters. The summed E-state index contributed by atoms with van der Waals surface area (Å²) in [4.78, 5) is 33.2. The lowest BCUT2D eigenvalue weighted by molar-refractivity contribution is -0.156. The number of aliphatic hydroxyl groups excluding tert-OH is 1. The highest BCUT2D eigenvalue weighted by molar-refractivity contribution is 5.83. The zero-order chi connectivity index (χ0) is 22.8. The predicted molar refractivity (Wildman–Crippen MR) is 105 cm³/mol. The molecule has 0 radical (unpaired) electrons. The first kappa shape index (κ1) is 28.2. The van der Waals surface area contributed by atoms with Gasteiger partial charge in [0, 0.05) is 6.54 Å². The third-order valence-corrected chi connectivity index (χ3v) is 3.22. The van der Waals surface area contributed by atoms with Gasteiger partial charge in [-0.2, -0.15) is 0 Å². The molecule has 0 aliphatic heterocycles. The molecule has 0 aromatic heterocycles. The minimum atomic E-state index is -1.70. The van der Waals surface area contributed by atoms with E-state index in [1.54, 1.807) is 0 Å². The first-order valence-corrected chi connectivity index (χ1v) is 9.82. The Morgan fingerprint density at radius 2 is 1.30 bits per heavy atom. The highest BCUT2D eigenvalue weighted by Gasteiger charge is 2.17. The highest BCUT2D eigenvalue weighted by Crippen LogP contribution is 2.07. The monoisotopic (exact) mass is 437 g/mol. The van der Waals surface area contributed by atoms with Crippen molar-refractivity contribution in [3.8, 4) is 0 Å². The number of amides is 1. The van der Waals surface area contributed by atoms with Gasteiger partial charge in [-0.15, -0.1) is 0 Å². The van der Waals surface area contributed by atoms with Crippen LogP contribution < -0.4 is 5.32 Å². The maximum atomic E-state index is 11.5. The van der Waals surface area contributed by atoms with E-state index >= 15 is 0 Å². The average molecular weight is 437 g/mol. The first-order chi connectivity index (χ1) is 14.1. The number of carbonyl (C=O) groups excluding carboxylic acids is 2. The summed E-state index contributed by atoms with van der Waals surface area (Å²) in [5.41, 5.74) is -0.491. The Hall–Kier alpha value is -1.79. The highest BCUT2D eigenvalue weighted by atomic mass is 16.6. The second-order valence-electron chi connectivity index (χ2n) is 7.19. The fourth-order valence-corrected chi connectivity index (χ4v) is 1.91. The summed E-state index contributed by atoms with van der Waals surface area (Å²) in [7, 11) is 0. The molecule has 0 aromatic carbocycles. The van der Waals surface area contributed by atoms with E-state index < -0.39 is 30.0 Å². The molecular formula is C19H35NO10. The van der Waals surface area contributed by atoms with Gasteiger partial charge in [0.05, 0.1) is 65.7 Å². The molecule has 0 fully saturated rings. The summed E-state index contributed by atoms with van der Waals surface area (Å²) in [5, 5.41) is 19.9. The average Bonchev–Trinajstić information content (AvgIpc) is 2.63. The number of rotatable bonds is 18. The van der Waals surface area contributed by atoms with E-state index in [1.807, 2.05) is 20.8 Å². The molecule has 176 valence electrons. The Kier molecular flexibility index (Phi) is 15.9. The predicted octanol–water partition coefficient (Wildman–Crippen LogP) is -0.264. The molecular weight excluding hydrogens is 402 g/mol. The number of hydrogen-bond acceptors (Lipinski definition) is 9. The van der Waals surface area contributed by atoms with Gasteiger partial charge in [0.1, 0.15) is 5.60 Å². The quantitative estimate of drug-likeness (QED) is 0.193. The molecule has 0 heterocycles. The number of carboxylic acids is 1. The van der Waals surface area contributed by atoms with Gasteiger partial charge in [-0.1, -0.05) is 0 Å². The number of carboxylic acid groups (broad SMARTS) is 1. The Bertz CT molecular complexity index is 492. The molecule has 1 atom stereocenters.